The molecule has 1 aliphatic heterocycles. The maximum Gasteiger partial charge on any atom is 0.323 e. The Morgan fingerprint density at radius 3 is 2.74 bits per heavy atom. The first-order valence-electron chi connectivity index (χ1n) is 6.83. The standard InChI is InChI=1S/C15H21NO2S/c1-3-15(4-2,14(17)18)16-9-11-10-19-13-8-6-5-7-12(11)13/h5-8,11,16H,3-4,9-10H2,1-2H3,(H,17,18). The first-order chi connectivity index (χ1) is 9.13. The predicted molar refractivity (Wildman–Crippen MR) is 78.9 cm³/mol. The second-order valence-corrected chi connectivity index (χ2v) is 6.08. The molecule has 2 N–H and O–H groups in total. The van der Waals surface area contributed by atoms with Gasteiger partial charge < -0.3 is 10.4 Å². The summed E-state index contributed by atoms with van der Waals surface area (Å²) in [4.78, 5) is 12.8. The van der Waals surface area contributed by atoms with Crippen molar-refractivity contribution in [3.63, 3.8) is 0 Å². The second kappa shape index (κ2) is 5.97. The highest BCUT2D eigenvalue weighted by Gasteiger charge is 2.35. The van der Waals surface area contributed by atoms with Crippen LogP contribution >= 0.6 is 11.8 Å². The van der Waals surface area contributed by atoms with Crippen LogP contribution in [0.4, 0.5) is 0 Å². The molecule has 0 saturated heterocycles. The fraction of sp³-hybridized carbons (Fsp3) is 0.533. The second-order valence-electron chi connectivity index (χ2n) is 5.02. The van der Waals surface area contributed by atoms with Crippen molar-refractivity contribution in [2.75, 3.05) is 12.3 Å². The van der Waals surface area contributed by atoms with E-state index >= 15 is 0 Å². The van der Waals surface area contributed by atoms with E-state index in [-0.39, 0.29) is 0 Å². The summed E-state index contributed by atoms with van der Waals surface area (Å²) < 4.78 is 0. The molecule has 3 nitrogen and oxygen atoms in total. The van der Waals surface area contributed by atoms with Gasteiger partial charge in [0, 0.05) is 23.1 Å². The van der Waals surface area contributed by atoms with Crippen molar-refractivity contribution in [3.8, 4) is 0 Å². The third-order valence-corrected chi connectivity index (χ3v) is 5.35. The molecule has 0 amide bonds. The molecule has 1 unspecified atom stereocenters. The van der Waals surface area contributed by atoms with Crippen molar-refractivity contribution in [1.82, 2.24) is 5.32 Å². The van der Waals surface area contributed by atoms with Crippen LogP contribution in [-0.4, -0.2) is 28.9 Å². The van der Waals surface area contributed by atoms with E-state index in [1.165, 1.54) is 10.5 Å². The maximum atomic E-state index is 11.5. The Bertz CT molecular complexity index is 457. The van der Waals surface area contributed by atoms with Gasteiger partial charge in [-0.05, 0) is 24.5 Å². The first-order valence-corrected chi connectivity index (χ1v) is 7.81. The number of carboxylic acids is 1. The van der Waals surface area contributed by atoms with Crippen molar-refractivity contribution in [2.24, 2.45) is 0 Å². The number of thioether (sulfide) groups is 1. The Morgan fingerprint density at radius 2 is 2.11 bits per heavy atom. The van der Waals surface area contributed by atoms with E-state index in [0.29, 0.717) is 18.8 Å². The summed E-state index contributed by atoms with van der Waals surface area (Å²) in [6.07, 6.45) is 1.22. The lowest BCUT2D eigenvalue weighted by Gasteiger charge is -2.29. The number of carbonyl (C=O) groups is 1. The largest absolute Gasteiger partial charge is 0.480 e. The van der Waals surface area contributed by atoms with Crippen LogP contribution in [0, 0.1) is 0 Å². The Kier molecular flexibility index (Phi) is 4.53. The van der Waals surface area contributed by atoms with Crippen molar-refractivity contribution < 1.29 is 9.90 Å². The van der Waals surface area contributed by atoms with Crippen molar-refractivity contribution >= 4 is 17.7 Å². The highest BCUT2D eigenvalue weighted by Crippen LogP contribution is 2.39. The zero-order valence-electron chi connectivity index (χ0n) is 11.5. The van der Waals surface area contributed by atoms with Crippen molar-refractivity contribution in [2.45, 2.75) is 43.0 Å². The maximum absolute atomic E-state index is 11.5. The molecular weight excluding hydrogens is 258 g/mol. The molecule has 1 aromatic carbocycles. The zero-order chi connectivity index (χ0) is 13.9. The summed E-state index contributed by atoms with van der Waals surface area (Å²) in [5, 5.41) is 12.7. The Labute approximate surface area is 118 Å². The minimum absolute atomic E-state index is 0.415. The Hall–Kier alpha value is -1.00. The minimum atomic E-state index is -0.776. The molecular formula is C15H21NO2S. The van der Waals surface area contributed by atoms with Gasteiger partial charge >= 0.3 is 5.97 Å². The molecule has 1 atom stereocenters. The number of fused-ring (bicyclic) bond motifs is 1. The van der Waals surface area contributed by atoms with Crippen LogP contribution < -0.4 is 5.32 Å². The monoisotopic (exact) mass is 279 g/mol. The number of nitrogens with one attached hydrogen (secondary N) is 1. The SMILES string of the molecule is CCC(CC)(NCC1CSc2ccccc21)C(=O)O. The quantitative estimate of drug-likeness (QED) is 0.840. The molecule has 19 heavy (non-hydrogen) atoms. The predicted octanol–water partition coefficient (Wildman–Crippen LogP) is 3.11. The minimum Gasteiger partial charge on any atom is -0.480 e. The summed E-state index contributed by atoms with van der Waals surface area (Å²) in [7, 11) is 0. The van der Waals surface area contributed by atoms with Gasteiger partial charge in [-0.1, -0.05) is 32.0 Å². The number of benzene rings is 1. The lowest BCUT2D eigenvalue weighted by Crippen LogP contribution is -2.52. The number of hydrogen-bond acceptors (Lipinski definition) is 3. The molecule has 2 rings (SSSR count). The van der Waals surface area contributed by atoms with E-state index < -0.39 is 11.5 Å². The normalized spacial score (nSPS) is 18.3. The van der Waals surface area contributed by atoms with E-state index in [4.69, 9.17) is 0 Å². The molecule has 1 aliphatic rings. The molecule has 4 heteroatoms. The van der Waals surface area contributed by atoms with Crippen LogP contribution in [0.3, 0.4) is 0 Å². The van der Waals surface area contributed by atoms with Crippen LogP contribution in [0.5, 0.6) is 0 Å². The third kappa shape index (κ3) is 2.79. The van der Waals surface area contributed by atoms with Gasteiger partial charge in [0.05, 0.1) is 0 Å². The van der Waals surface area contributed by atoms with Gasteiger partial charge in [0.25, 0.3) is 0 Å². The number of aliphatic carboxylic acids is 1. The summed E-state index contributed by atoms with van der Waals surface area (Å²) in [6.45, 7) is 4.60. The summed E-state index contributed by atoms with van der Waals surface area (Å²) in [5.74, 6) is 0.713. The Morgan fingerprint density at radius 1 is 1.42 bits per heavy atom. The van der Waals surface area contributed by atoms with E-state index in [0.717, 1.165) is 12.3 Å². The lowest BCUT2D eigenvalue weighted by atomic mass is 9.91. The fourth-order valence-electron chi connectivity index (χ4n) is 2.59. The highest BCUT2D eigenvalue weighted by atomic mass is 32.2. The molecule has 0 aromatic heterocycles. The van der Waals surface area contributed by atoms with Gasteiger partial charge in [-0.15, -0.1) is 11.8 Å². The molecule has 1 aromatic rings. The summed E-state index contributed by atoms with van der Waals surface area (Å²) in [5.41, 5.74) is 0.578. The van der Waals surface area contributed by atoms with Gasteiger partial charge in [0.2, 0.25) is 0 Å². The Balaban J connectivity index is 2.05. The smallest absolute Gasteiger partial charge is 0.323 e. The van der Waals surface area contributed by atoms with Gasteiger partial charge in [-0.25, -0.2) is 0 Å². The highest BCUT2D eigenvalue weighted by molar-refractivity contribution is 7.99. The average Bonchev–Trinajstić information content (AvgIpc) is 2.84. The zero-order valence-corrected chi connectivity index (χ0v) is 12.3. The van der Waals surface area contributed by atoms with Gasteiger partial charge in [0.15, 0.2) is 0 Å². The van der Waals surface area contributed by atoms with Gasteiger partial charge in [-0.2, -0.15) is 0 Å². The molecule has 1 heterocycles. The van der Waals surface area contributed by atoms with Crippen LogP contribution in [-0.2, 0) is 4.79 Å². The van der Waals surface area contributed by atoms with E-state index in [1.807, 2.05) is 25.6 Å². The van der Waals surface area contributed by atoms with Gasteiger partial charge in [0.1, 0.15) is 5.54 Å². The molecule has 0 bridgehead atoms. The van der Waals surface area contributed by atoms with Crippen LogP contribution in [0.2, 0.25) is 0 Å². The fourth-order valence-corrected chi connectivity index (χ4v) is 3.85. The number of rotatable bonds is 6. The van der Waals surface area contributed by atoms with Crippen LogP contribution in [0.15, 0.2) is 29.2 Å². The number of hydrogen-bond donors (Lipinski definition) is 2. The van der Waals surface area contributed by atoms with Crippen molar-refractivity contribution in [1.29, 1.82) is 0 Å². The van der Waals surface area contributed by atoms with Crippen LogP contribution in [0.25, 0.3) is 0 Å². The summed E-state index contributed by atoms with van der Waals surface area (Å²) in [6, 6.07) is 8.41. The molecule has 0 spiro atoms. The summed E-state index contributed by atoms with van der Waals surface area (Å²) >= 11 is 1.86. The van der Waals surface area contributed by atoms with E-state index in [9.17, 15) is 9.90 Å². The first kappa shape index (κ1) is 14.4. The number of carboxylic acid groups (broad SMARTS) is 1. The molecule has 104 valence electrons. The molecule has 0 radical (unpaired) electrons. The molecule has 0 aliphatic carbocycles. The molecule has 0 fully saturated rings. The van der Waals surface area contributed by atoms with Crippen molar-refractivity contribution in [3.05, 3.63) is 29.8 Å². The van der Waals surface area contributed by atoms with Gasteiger partial charge in [-0.3, -0.25) is 4.79 Å². The van der Waals surface area contributed by atoms with Crippen LogP contribution in [0.1, 0.15) is 38.2 Å². The topological polar surface area (TPSA) is 49.3 Å². The van der Waals surface area contributed by atoms with E-state index in [1.54, 1.807) is 0 Å². The third-order valence-electron chi connectivity index (χ3n) is 4.10. The average molecular weight is 279 g/mol. The molecule has 0 saturated carbocycles. The van der Waals surface area contributed by atoms with E-state index in [2.05, 4.69) is 29.6 Å². The lowest BCUT2D eigenvalue weighted by molar-refractivity contribution is -0.145.